The van der Waals surface area contributed by atoms with Gasteiger partial charge in [-0.2, -0.15) is 5.10 Å². The van der Waals surface area contributed by atoms with Crippen molar-refractivity contribution in [2.45, 2.75) is 19.3 Å². The van der Waals surface area contributed by atoms with Gasteiger partial charge in [0.05, 0.1) is 5.69 Å². The normalized spacial score (nSPS) is 10.0. The molecular weight excluding hydrogens is 286 g/mol. The van der Waals surface area contributed by atoms with E-state index < -0.39 is 5.56 Å². The summed E-state index contributed by atoms with van der Waals surface area (Å²) in [5.41, 5.74) is 9.34. The van der Waals surface area contributed by atoms with E-state index in [2.05, 4.69) is 20.2 Å². The molecule has 1 aromatic carbocycles. The van der Waals surface area contributed by atoms with Gasteiger partial charge in [-0.05, 0) is 42.5 Å². The number of hydrogen-bond donors (Lipinski definition) is 2. The number of aryl methyl sites for hydroxylation is 2. The number of benzene rings is 1. The molecule has 1 aromatic heterocycles. The van der Waals surface area contributed by atoms with Crippen molar-refractivity contribution in [2.24, 2.45) is 5.11 Å². The summed E-state index contributed by atoms with van der Waals surface area (Å²) in [6.07, 6.45) is 2.31. The third kappa shape index (κ3) is 4.53. The van der Waals surface area contributed by atoms with Crippen LogP contribution in [0.1, 0.15) is 17.7 Å². The van der Waals surface area contributed by atoms with Gasteiger partial charge in [-0.3, -0.25) is 4.79 Å². The molecule has 2 rings (SSSR count). The lowest BCUT2D eigenvalue weighted by atomic mass is 10.1. The van der Waals surface area contributed by atoms with Crippen LogP contribution in [0.2, 0.25) is 0 Å². The molecule has 0 spiro atoms. The second kappa shape index (κ2) is 7.70. The van der Waals surface area contributed by atoms with E-state index in [4.69, 9.17) is 10.3 Å². The fourth-order valence-electron chi connectivity index (χ4n) is 1.92. The molecule has 1 heterocycles. The molecule has 0 aliphatic heterocycles. The fourth-order valence-corrected chi connectivity index (χ4v) is 1.92. The molecule has 8 nitrogen and oxygen atoms in total. The summed E-state index contributed by atoms with van der Waals surface area (Å²) in [4.78, 5) is 13.6. The molecular formula is C14H15N5O3. The van der Waals surface area contributed by atoms with E-state index in [1.807, 2.05) is 24.3 Å². The van der Waals surface area contributed by atoms with Crippen LogP contribution in [0.15, 0.2) is 40.2 Å². The predicted molar refractivity (Wildman–Crippen MR) is 79.6 cm³/mol. The number of aromatic amines is 1. The molecule has 0 radical (unpaired) electrons. The molecule has 0 aliphatic carbocycles. The molecule has 0 amide bonds. The number of nitrogens with zero attached hydrogens (tertiary/aromatic N) is 4. The van der Waals surface area contributed by atoms with Crippen molar-refractivity contribution >= 4 is 0 Å². The Kier molecular flexibility index (Phi) is 5.39. The molecule has 2 aromatic rings. The molecule has 0 unspecified atom stereocenters. The van der Waals surface area contributed by atoms with Crippen LogP contribution >= 0.6 is 0 Å². The van der Waals surface area contributed by atoms with Gasteiger partial charge in [-0.15, -0.1) is 0 Å². The predicted octanol–water partition coefficient (Wildman–Crippen LogP) is 2.30. The van der Waals surface area contributed by atoms with Crippen molar-refractivity contribution in [3.05, 3.63) is 62.4 Å². The highest BCUT2D eigenvalue weighted by atomic mass is 16.5. The number of H-pyrrole nitrogens is 1. The summed E-state index contributed by atoms with van der Waals surface area (Å²) in [6, 6.07) is 8.87. The zero-order valence-electron chi connectivity index (χ0n) is 11.8. The second-order valence-corrected chi connectivity index (χ2v) is 4.58. The van der Waals surface area contributed by atoms with Gasteiger partial charge in [-0.1, -0.05) is 17.2 Å². The number of ether oxygens (including phenoxy) is 1. The van der Waals surface area contributed by atoms with Crippen molar-refractivity contribution in [1.29, 1.82) is 0 Å². The summed E-state index contributed by atoms with van der Waals surface area (Å²) < 4.78 is 5.21. The maximum Gasteiger partial charge on any atom is 0.306 e. The Morgan fingerprint density at radius 3 is 2.77 bits per heavy atom. The summed E-state index contributed by atoms with van der Waals surface area (Å²) in [6.45, 7) is -0.0305. The average molecular weight is 301 g/mol. The second-order valence-electron chi connectivity index (χ2n) is 4.58. The average Bonchev–Trinajstić information content (AvgIpc) is 2.53. The Morgan fingerprint density at radius 1 is 1.32 bits per heavy atom. The zero-order chi connectivity index (χ0) is 15.8. The van der Waals surface area contributed by atoms with Gasteiger partial charge in [0, 0.05) is 11.0 Å². The first-order valence-electron chi connectivity index (χ1n) is 6.69. The maximum atomic E-state index is 11.0. The topological polar surface area (TPSA) is 124 Å². The molecule has 0 fully saturated rings. The highest BCUT2D eigenvalue weighted by molar-refractivity contribution is 5.27. The van der Waals surface area contributed by atoms with E-state index in [9.17, 15) is 9.90 Å². The number of hydrogen-bond acceptors (Lipinski definition) is 5. The molecule has 2 N–H and O–H groups in total. The maximum absolute atomic E-state index is 11.0. The van der Waals surface area contributed by atoms with Crippen LogP contribution in [0.25, 0.3) is 10.4 Å². The summed E-state index contributed by atoms with van der Waals surface area (Å²) in [7, 11) is 0. The third-order valence-corrected chi connectivity index (χ3v) is 3.01. The van der Waals surface area contributed by atoms with E-state index in [1.54, 1.807) is 0 Å². The van der Waals surface area contributed by atoms with Gasteiger partial charge >= 0.3 is 5.56 Å². The number of azide groups is 1. The molecule has 0 saturated carbocycles. The minimum absolute atomic E-state index is 0.0305. The van der Waals surface area contributed by atoms with Crippen molar-refractivity contribution in [3.8, 4) is 11.5 Å². The molecule has 22 heavy (non-hydrogen) atoms. The first-order valence-corrected chi connectivity index (χ1v) is 6.69. The highest BCUT2D eigenvalue weighted by Crippen LogP contribution is 2.14. The van der Waals surface area contributed by atoms with Crippen molar-refractivity contribution in [1.82, 2.24) is 10.2 Å². The summed E-state index contributed by atoms with van der Waals surface area (Å²) >= 11 is 0. The first kappa shape index (κ1) is 15.4. The van der Waals surface area contributed by atoms with E-state index in [1.165, 1.54) is 6.07 Å². The molecule has 0 saturated heterocycles. The van der Waals surface area contributed by atoms with Gasteiger partial charge < -0.3 is 9.84 Å². The van der Waals surface area contributed by atoms with Gasteiger partial charge in [0.25, 0.3) is 0 Å². The highest BCUT2D eigenvalue weighted by Gasteiger charge is 2.02. The monoisotopic (exact) mass is 301 g/mol. The van der Waals surface area contributed by atoms with Crippen LogP contribution < -0.4 is 10.3 Å². The Labute approximate surface area is 126 Å². The zero-order valence-corrected chi connectivity index (χ0v) is 11.8. The van der Waals surface area contributed by atoms with E-state index >= 15 is 0 Å². The Morgan fingerprint density at radius 2 is 2.09 bits per heavy atom. The lowest BCUT2D eigenvalue weighted by molar-refractivity contribution is 0.329. The van der Waals surface area contributed by atoms with Crippen LogP contribution in [-0.2, 0) is 12.8 Å². The quantitative estimate of drug-likeness (QED) is 0.462. The third-order valence-electron chi connectivity index (χ3n) is 3.01. The Balaban J connectivity index is 1.82. The number of aromatic nitrogens is 2. The molecule has 0 bridgehead atoms. The standard InChI is InChI=1S/C14H15N5O3/c15-19-16-9-22-12-6-4-10(5-7-12)2-1-3-11-8-13(20)14(21)18-17-11/h4-8H,1-3,9H2,(H,17,20)(H,18,21). The smallest absolute Gasteiger partial charge is 0.306 e. The van der Waals surface area contributed by atoms with Gasteiger partial charge in [0.1, 0.15) is 5.75 Å². The van der Waals surface area contributed by atoms with Crippen LogP contribution in [0.5, 0.6) is 11.5 Å². The largest absolute Gasteiger partial charge is 0.503 e. The van der Waals surface area contributed by atoms with E-state index in [-0.39, 0.29) is 12.5 Å². The lowest BCUT2D eigenvalue weighted by Crippen LogP contribution is -2.09. The van der Waals surface area contributed by atoms with Gasteiger partial charge in [-0.25, -0.2) is 5.10 Å². The first-order chi connectivity index (χ1) is 10.7. The summed E-state index contributed by atoms with van der Waals surface area (Å²) in [5.74, 6) is 0.329. The van der Waals surface area contributed by atoms with Crippen LogP contribution in [0, 0.1) is 0 Å². The lowest BCUT2D eigenvalue weighted by Gasteiger charge is -2.05. The molecule has 0 atom stereocenters. The van der Waals surface area contributed by atoms with E-state index in [0.717, 1.165) is 18.4 Å². The Hall–Kier alpha value is -2.99. The van der Waals surface area contributed by atoms with Crippen molar-refractivity contribution < 1.29 is 9.84 Å². The number of rotatable bonds is 7. The van der Waals surface area contributed by atoms with Gasteiger partial charge in [0.15, 0.2) is 12.5 Å². The molecule has 114 valence electrons. The Bertz CT molecular complexity index is 720. The van der Waals surface area contributed by atoms with E-state index in [0.29, 0.717) is 17.9 Å². The van der Waals surface area contributed by atoms with Crippen LogP contribution in [0.3, 0.4) is 0 Å². The van der Waals surface area contributed by atoms with Crippen LogP contribution in [-0.4, -0.2) is 22.0 Å². The SMILES string of the molecule is [N-]=[N+]=NCOc1ccc(CCCc2cc(O)c(=O)[nH]n2)cc1. The minimum Gasteiger partial charge on any atom is -0.503 e. The van der Waals surface area contributed by atoms with Crippen molar-refractivity contribution in [3.63, 3.8) is 0 Å². The van der Waals surface area contributed by atoms with Crippen molar-refractivity contribution in [2.75, 3.05) is 6.73 Å². The molecule has 0 aliphatic rings. The van der Waals surface area contributed by atoms with Gasteiger partial charge in [0.2, 0.25) is 0 Å². The minimum atomic E-state index is -0.583. The molecule has 8 heteroatoms. The fraction of sp³-hybridized carbons (Fsp3) is 0.286. The summed E-state index contributed by atoms with van der Waals surface area (Å²) in [5, 5.41) is 18.7. The number of nitrogens with one attached hydrogen (secondary N) is 1. The number of aromatic hydroxyl groups is 1. The van der Waals surface area contributed by atoms with Crippen LogP contribution in [0.4, 0.5) is 0 Å².